The largest absolute Gasteiger partial charge is 0.488 e. The van der Waals surface area contributed by atoms with Crippen molar-refractivity contribution in [3.63, 3.8) is 0 Å². The van der Waals surface area contributed by atoms with E-state index in [9.17, 15) is 8.78 Å². The van der Waals surface area contributed by atoms with E-state index in [1.165, 1.54) is 30.3 Å². The molecular formula is C14H13F2NO. The van der Waals surface area contributed by atoms with Crippen LogP contribution in [-0.4, -0.2) is 0 Å². The van der Waals surface area contributed by atoms with Crippen molar-refractivity contribution in [2.75, 3.05) is 5.73 Å². The maximum Gasteiger partial charge on any atom is 0.131 e. The van der Waals surface area contributed by atoms with Gasteiger partial charge in [-0.25, -0.2) is 8.78 Å². The summed E-state index contributed by atoms with van der Waals surface area (Å²) in [4.78, 5) is 0. The summed E-state index contributed by atoms with van der Waals surface area (Å²) >= 11 is 0. The van der Waals surface area contributed by atoms with Crippen molar-refractivity contribution in [1.82, 2.24) is 0 Å². The number of hydrogen-bond donors (Lipinski definition) is 1. The molecule has 0 aliphatic rings. The van der Waals surface area contributed by atoms with Crippen LogP contribution >= 0.6 is 0 Å². The van der Waals surface area contributed by atoms with Crippen molar-refractivity contribution in [2.45, 2.75) is 13.5 Å². The zero-order chi connectivity index (χ0) is 13.1. The molecule has 0 radical (unpaired) electrons. The topological polar surface area (TPSA) is 35.2 Å². The Morgan fingerprint density at radius 1 is 1.17 bits per heavy atom. The second kappa shape index (κ2) is 5.04. The van der Waals surface area contributed by atoms with Gasteiger partial charge in [-0.05, 0) is 42.8 Å². The van der Waals surface area contributed by atoms with Crippen LogP contribution in [0.3, 0.4) is 0 Å². The summed E-state index contributed by atoms with van der Waals surface area (Å²) in [5.41, 5.74) is 6.97. The standard InChI is InChI=1S/C14H13F2NO/c1-9-7-10(15)5-6-14(9)18-8-11-12(16)3-2-4-13(11)17/h2-7H,8,17H2,1H3. The molecule has 0 saturated heterocycles. The Morgan fingerprint density at radius 2 is 1.94 bits per heavy atom. The van der Waals surface area contributed by atoms with Gasteiger partial charge >= 0.3 is 0 Å². The third-order valence-corrected chi connectivity index (χ3v) is 2.66. The number of rotatable bonds is 3. The molecule has 0 saturated carbocycles. The summed E-state index contributed by atoms with van der Waals surface area (Å²) in [7, 11) is 0. The molecule has 94 valence electrons. The molecule has 2 rings (SSSR count). The lowest BCUT2D eigenvalue weighted by molar-refractivity contribution is 0.298. The molecule has 2 N–H and O–H groups in total. The van der Waals surface area contributed by atoms with E-state index in [-0.39, 0.29) is 12.4 Å². The van der Waals surface area contributed by atoms with Crippen LogP contribution in [-0.2, 0) is 6.61 Å². The van der Waals surface area contributed by atoms with Crippen molar-refractivity contribution in [3.05, 3.63) is 59.2 Å². The lowest BCUT2D eigenvalue weighted by Crippen LogP contribution is -2.03. The van der Waals surface area contributed by atoms with Gasteiger partial charge in [0, 0.05) is 11.3 Å². The van der Waals surface area contributed by atoms with Gasteiger partial charge in [0.25, 0.3) is 0 Å². The molecule has 2 aromatic carbocycles. The predicted molar refractivity (Wildman–Crippen MR) is 66.3 cm³/mol. The molecule has 2 aromatic rings. The average molecular weight is 249 g/mol. The van der Waals surface area contributed by atoms with E-state index in [1.54, 1.807) is 13.0 Å². The highest BCUT2D eigenvalue weighted by Crippen LogP contribution is 2.22. The van der Waals surface area contributed by atoms with Crippen molar-refractivity contribution >= 4 is 5.69 Å². The highest BCUT2D eigenvalue weighted by atomic mass is 19.1. The van der Waals surface area contributed by atoms with Crippen LogP contribution < -0.4 is 10.5 Å². The summed E-state index contributed by atoms with van der Waals surface area (Å²) in [5, 5.41) is 0. The molecule has 0 spiro atoms. The molecule has 18 heavy (non-hydrogen) atoms. The maximum atomic E-state index is 13.5. The third-order valence-electron chi connectivity index (χ3n) is 2.66. The van der Waals surface area contributed by atoms with Crippen molar-refractivity contribution in [2.24, 2.45) is 0 Å². The number of ether oxygens (including phenoxy) is 1. The van der Waals surface area contributed by atoms with Gasteiger partial charge in [0.15, 0.2) is 0 Å². The SMILES string of the molecule is Cc1cc(F)ccc1OCc1c(N)cccc1F. The average Bonchev–Trinajstić information content (AvgIpc) is 2.31. The second-order valence-corrected chi connectivity index (χ2v) is 4.01. The fourth-order valence-electron chi connectivity index (χ4n) is 1.65. The number of aryl methyl sites for hydroxylation is 1. The molecule has 0 amide bonds. The number of nitrogen functional groups attached to an aromatic ring is 1. The van der Waals surface area contributed by atoms with Crippen LogP contribution in [0.25, 0.3) is 0 Å². The number of halogens is 2. The van der Waals surface area contributed by atoms with Crippen LogP contribution in [0.2, 0.25) is 0 Å². The van der Waals surface area contributed by atoms with Crippen molar-refractivity contribution in [1.29, 1.82) is 0 Å². The van der Waals surface area contributed by atoms with Gasteiger partial charge in [0.2, 0.25) is 0 Å². The molecule has 0 fully saturated rings. The van der Waals surface area contributed by atoms with Crippen LogP contribution in [0, 0.1) is 18.6 Å². The molecular weight excluding hydrogens is 236 g/mol. The summed E-state index contributed by atoms with van der Waals surface area (Å²) < 4.78 is 31.9. The van der Waals surface area contributed by atoms with Gasteiger partial charge in [-0.2, -0.15) is 0 Å². The van der Waals surface area contributed by atoms with E-state index >= 15 is 0 Å². The predicted octanol–water partition coefficient (Wildman–Crippen LogP) is 3.43. The third kappa shape index (κ3) is 2.59. The highest BCUT2D eigenvalue weighted by Gasteiger charge is 2.08. The van der Waals surface area contributed by atoms with Crippen LogP contribution in [0.15, 0.2) is 36.4 Å². The first-order chi connectivity index (χ1) is 8.58. The lowest BCUT2D eigenvalue weighted by atomic mass is 10.2. The number of nitrogens with two attached hydrogens (primary N) is 1. The molecule has 0 aromatic heterocycles. The second-order valence-electron chi connectivity index (χ2n) is 4.01. The lowest BCUT2D eigenvalue weighted by Gasteiger charge is -2.11. The molecule has 0 aliphatic carbocycles. The molecule has 2 nitrogen and oxygen atoms in total. The van der Waals surface area contributed by atoms with Crippen molar-refractivity contribution < 1.29 is 13.5 Å². The van der Waals surface area contributed by atoms with Gasteiger partial charge in [0.1, 0.15) is 24.0 Å². The summed E-state index contributed by atoms with van der Waals surface area (Å²) in [6, 6.07) is 8.65. The first-order valence-corrected chi connectivity index (χ1v) is 5.50. The van der Waals surface area contributed by atoms with Gasteiger partial charge in [-0.15, -0.1) is 0 Å². The molecule has 0 aliphatic heterocycles. The Morgan fingerprint density at radius 3 is 2.61 bits per heavy atom. The molecule has 0 heterocycles. The Hall–Kier alpha value is -2.10. The van der Waals surface area contributed by atoms with Crippen LogP contribution in [0.1, 0.15) is 11.1 Å². The quantitative estimate of drug-likeness (QED) is 0.846. The van der Waals surface area contributed by atoms with E-state index in [1.807, 2.05) is 0 Å². The van der Waals surface area contributed by atoms with Crippen LogP contribution in [0.4, 0.5) is 14.5 Å². The maximum absolute atomic E-state index is 13.5. The van der Waals surface area contributed by atoms with E-state index in [0.717, 1.165) is 0 Å². The first kappa shape index (κ1) is 12.4. The monoisotopic (exact) mass is 249 g/mol. The van der Waals surface area contributed by atoms with Crippen LogP contribution in [0.5, 0.6) is 5.75 Å². The Balaban J connectivity index is 2.16. The number of hydrogen-bond acceptors (Lipinski definition) is 2. The first-order valence-electron chi connectivity index (χ1n) is 5.50. The number of anilines is 1. The minimum atomic E-state index is -0.408. The number of benzene rings is 2. The molecule has 0 atom stereocenters. The fraction of sp³-hybridized carbons (Fsp3) is 0.143. The normalized spacial score (nSPS) is 10.4. The Labute approximate surface area is 104 Å². The zero-order valence-corrected chi connectivity index (χ0v) is 9.91. The van der Waals surface area contributed by atoms with E-state index < -0.39 is 5.82 Å². The van der Waals surface area contributed by atoms with E-state index in [0.29, 0.717) is 22.6 Å². The zero-order valence-electron chi connectivity index (χ0n) is 9.91. The Bertz CT molecular complexity index is 549. The molecule has 4 heteroatoms. The van der Waals surface area contributed by atoms with E-state index in [2.05, 4.69) is 0 Å². The van der Waals surface area contributed by atoms with E-state index in [4.69, 9.17) is 10.5 Å². The van der Waals surface area contributed by atoms with Gasteiger partial charge in [-0.1, -0.05) is 6.07 Å². The Kier molecular flexibility index (Phi) is 3.46. The highest BCUT2D eigenvalue weighted by molar-refractivity contribution is 5.47. The van der Waals surface area contributed by atoms with Gasteiger partial charge in [-0.3, -0.25) is 0 Å². The fourth-order valence-corrected chi connectivity index (χ4v) is 1.65. The van der Waals surface area contributed by atoms with Gasteiger partial charge < -0.3 is 10.5 Å². The smallest absolute Gasteiger partial charge is 0.131 e. The van der Waals surface area contributed by atoms with Gasteiger partial charge in [0.05, 0.1) is 0 Å². The minimum absolute atomic E-state index is 0.0188. The molecule has 0 bridgehead atoms. The summed E-state index contributed by atoms with van der Waals surface area (Å²) in [5.74, 6) is -0.223. The summed E-state index contributed by atoms with van der Waals surface area (Å²) in [6.45, 7) is 1.74. The van der Waals surface area contributed by atoms with Crippen molar-refractivity contribution in [3.8, 4) is 5.75 Å². The molecule has 0 unspecified atom stereocenters. The summed E-state index contributed by atoms with van der Waals surface area (Å²) in [6.07, 6.45) is 0. The minimum Gasteiger partial charge on any atom is -0.488 e.